The summed E-state index contributed by atoms with van der Waals surface area (Å²) in [7, 11) is 1.67. The molecule has 1 heterocycles. The average molecular weight is 238 g/mol. The molecule has 1 aromatic heterocycles. The lowest BCUT2D eigenvalue weighted by atomic mass is 9.95. The third-order valence-electron chi connectivity index (χ3n) is 2.45. The number of nitrogens with two attached hydrogens (primary N) is 1. The summed E-state index contributed by atoms with van der Waals surface area (Å²) in [5.74, 6) is 2.07. The van der Waals surface area contributed by atoms with Crippen molar-refractivity contribution in [2.75, 3.05) is 31.3 Å². The molecule has 17 heavy (non-hydrogen) atoms. The first-order chi connectivity index (χ1) is 7.86. The molecule has 0 spiro atoms. The maximum absolute atomic E-state index is 5.90. The predicted octanol–water partition coefficient (Wildman–Crippen LogP) is 1.72. The lowest BCUT2D eigenvalue weighted by molar-refractivity contribution is 0.210. The molecule has 3 N–H and O–H groups in total. The van der Waals surface area contributed by atoms with Crippen LogP contribution in [-0.4, -0.2) is 30.2 Å². The number of nitrogen functional groups attached to an aromatic ring is 1. The summed E-state index contributed by atoms with van der Waals surface area (Å²) in [5.41, 5.74) is 6.67. The van der Waals surface area contributed by atoms with Gasteiger partial charge in [0.25, 0.3) is 0 Å². The van der Waals surface area contributed by atoms with E-state index in [2.05, 4.69) is 36.1 Å². The Morgan fingerprint density at radius 3 is 2.47 bits per heavy atom. The molecular weight excluding hydrogens is 216 g/mol. The van der Waals surface area contributed by atoms with E-state index >= 15 is 0 Å². The Morgan fingerprint density at radius 2 is 1.94 bits per heavy atom. The maximum Gasteiger partial charge on any atom is 0.138 e. The van der Waals surface area contributed by atoms with Crippen molar-refractivity contribution in [3.63, 3.8) is 0 Å². The molecule has 1 aromatic rings. The van der Waals surface area contributed by atoms with Gasteiger partial charge >= 0.3 is 0 Å². The molecule has 0 atom stereocenters. The fraction of sp³-hybridized carbons (Fsp3) is 0.667. The molecule has 5 heteroatoms. The van der Waals surface area contributed by atoms with Crippen LogP contribution in [0.2, 0.25) is 0 Å². The average Bonchev–Trinajstić information content (AvgIpc) is 2.22. The third kappa shape index (κ3) is 3.56. The number of rotatable bonds is 4. The van der Waals surface area contributed by atoms with E-state index in [0.29, 0.717) is 19.0 Å². The molecule has 0 aliphatic rings. The van der Waals surface area contributed by atoms with E-state index in [0.717, 1.165) is 17.2 Å². The van der Waals surface area contributed by atoms with Gasteiger partial charge in [0.15, 0.2) is 0 Å². The second-order valence-corrected chi connectivity index (χ2v) is 5.08. The molecule has 0 amide bonds. The summed E-state index contributed by atoms with van der Waals surface area (Å²) >= 11 is 0. The van der Waals surface area contributed by atoms with E-state index in [1.54, 1.807) is 7.11 Å². The van der Waals surface area contributed by atoms with Crippen LogP contribution in [0, 0.1) is 6.92 Å². The number of nitrogens with zero attached hydrogens (tertiary/aromatic N) is 2. The fourth-order valence-corrected chi connectivity index (χ4v) is 1.31. The van der Waals surface area contributed by atoms with Crippen LogP contribution in [0.5, 0.6) is 0 Å². The van der Waals surface area contributed by atoms with Gasteiger partial charge in [-0.1, -0.05) is 20.8 Å². The minimum absolute atomic E-state index is 0.112. The monoisotopic (exact) mass is 238 g/mol. The van der Waals surface area contributed by atoms with Crippen LogP contribution in [0.1, 0.15) is 32.2 Å². The summed E-state index contributed by atoms with van der Waals surface area (Å²) in [6.07, 6.45) is 0. The van der Waals surface area contributed by atoms with Crippen molar-refractivity contribution in [3.05, 3.63) is 11.4 Å². The predicted molar refractivity (Wildman–Crippen MR) is 70.2 cm³/mol. The van der Waals surface area contributed by atoms with Gasteiger partial charge in [-0.15, -0.1) is 0 Å². The Hall–Kier alpha value is -1.36. The van der Waals surface area contributed by atoms with Gasteiger partial charge in [-0.05, 0) is 6.92 Å². The Bertz CT molecular complexity index is 385. The molecule has 0 aliphatic heterocycles. The topological polar surface area (TPSA) is 73.1 Å². The van der Waals surface area contributed by atoms with Crippen molar-refractivity contribution in [2.24, 2.45) is 0 Å². The second-order valence-electron chi connectivity index (χ2n) is 5.08. The van der Waals surface area contributed by atoms with Crippen LogP contribution in [-0.2, 0) is 10.2 Å². The first-order valence-corrected chi connectivity index (χ1v) is 5.73. The van der Waals surface area contributed by atoms with Crippen LogP contribution in [0.15, 0.2) is 0 Å². The minimum Gasteiger partial charge on any atom is -0.383 e. The van der Waals surface area contributed by atoms with Gasteiger partial charge in [-0.25, -0.2) is 9.97 Å². The highest BCUT2D eigenvalue weighted by molar-refractivity contribution is 5.55. The number of anilines is 2. The summed E-state index contributed by atoms with van der Waals surface area (Å²) in [4.78, 5) is 8.85. The lowest BCUT2D eigenvalue weighted by Gasteiger charge is -2.19. The Balaban J connectivity index is 2.99. The van der Waals surface area contributed by atoms with Crippen molar-refractivity contribution in [1.29, 1.82) is 0 Å². The highest BCUT2D eigenvalue weighted by atomic mass is 16.5. The molecule has 96 valence electrons. The first-order valence-electron chi connectivity index (χ1n) is 5.73. The van der Waals surface area contributed by atoms with Gasteiger partial charge in [0, 0.05) is 24.6 Å². The largest absolute Gasteiger partial charge is 0.383 e. The standard InChI is InChI=1S/C12H22N4O/c1-8-9(13)15-11(12(2,3)4)16-10(8)14-6-7-17-5/h6-7H2,1-5H3,(H3,13,14,15,16). The molecule has 0 fully saturated rings. The molecule has 0 bridgehead atoms. The minimum atomic E-state index is -0.112. The van der Waals surface area contributed by atoms with Crippen LogP contribution < -0.4 is 11.1 Å². The SMILES string of the molecule is COCCNc1nc(C(C)(C)C)nc(N)c1C. The normalized spacial score (nSPS) is 11.6. The quantitative estimate of drug-likeness (QED) is 0.781. The number of hydrogen-bond donors (Lipinski definition) is 2. The van der Waals surface area contributed by atoms with E-state index in [1.165, 1.54) is 0 Å². The molecule has 0 aromatic carbocycles. The Labute approximate surface area is 103 Å². The van der Waals surface area contributed by atoms with Gasteiger partial charge in [-0.2, -0.15) is 0 Å². The number of hydrogen-bond acceptors (Lipinski definition) is 5. The number of methoxy groups -OCH3 is 1. The van der Waals surface area contributed by atoms with Crippen molar-refractivity contribution < 1.29 is 4.74 Å². The summed E-state index contributed by atoms with van der Waals surface area (Å²) in [6.45, 7) is 9.45. The molecular formula is C12H22N4O. The van der Waals surface area contributed by atoms with Gasteiger partial charge in [-0.3, -0.25) is 0 Å². The van der Waals surface area contributed by atoms with Crippen molar-refractivity contribution >= 4 is 11.6 Å². The van der Waals surface area contributed by atoms with Crippen molar-refractivity contribution in [2.45, 2.75) is 33.1 Å². The van der Waals surface area contributed by atoms with E-state index < -0.39 is 0 Å². The zero-order valence-corrected chi connectivity index (χ0v) is 11.3. The second kappa shape index (κ2) is 5.31. The van der Waals surface area contributed by atoms with Gasteiger partial charge in [0.1, 0.15) is 17.5 Å². The van der Waals surface area contributed by atoms with E-state index in [4.69, 9.17) is 10.5 Å². The molecule has 5 nitrogen and oxygen atoms in total. The zero-order valence-electron chi connectivity index (χ0n) is 11.3. The van der Waals surface area contributed by atoms with Crippen molar-refractivity contribution in [1.82, 2.24) is 9.97 Å². The molecule has 0 unspecified atom stereocenters. The molecule has 1 rings (SSSR count). The zero-order chi connectivity index (χ0) is 13.1. The maximum atomic E-state index is 5.90. The number of ether oxygens (including phenoxy) is 1. The van der Waals surface area contributed by atoms with Crippen LogP contribution >= 0.6 is 0 Å². The van der Waals surface area contributed by atoms with Crippen molar-refractivity contribution in [3.8, 4) is 0 Å². The first kappa shape index (κ1) is 13.7. The summed E-state index contributed by atoms with van der Waals surface area (Å²) in [5, 5.41) is 3.21. The van der Waals surface area contributed by atoms with Gasteiger partial charge < -0.3 is 15.8 Å². The number of nitrogens with one attached hydrogen (secondary N) is 1. The van der Waals surface area contributed by atoms with Gasteiger partial charge in [0.2, 0.25) is 0 Å². The Morgan fingerprint density at radius 1 is 1.29 bits per heavy atom. The van der Waals surface area contributed by atoms with E-state index in [9.17, 15) is 0 Å². The summed E-state index contributed by atoms with van der Waals surface area (Å²) < 4.78 is 4.99. The fourth-order valence-electron chi connectivity index (χ4n) is 1.31. The molecule has 0 saturated carbocycles. The molecule has 0 radical (unpaired) electrons. The molecule has 0 aliphatic carbocycles. The number of aromatic nitrogens is 2. The lowest BCUT2D eigenvalue weighted by Crippen LogP contribution is -2.20. The van der Waals surface area contributed by atoms with E-state index in [-0.39, 0.29) is 5.41 Å². The van der Waals surface area contributed by atoms with Crippen LogP contribution in [0.3, 0.4) is 0 Å². The summed E-state index contributed by atoms with van der Waals surface area (Å²) in [6, 6.07) is 0. The smallest absolute Gasteiger partial charge is 0.138 e. The highest BCUT2D eigenvalue weighted by Crippen LogP contribution is 2.24. The van der Waals surface area contributed by atoms with E-state index in [1.807, 2.05) is 6.92 Å². The third-order valence-corrected chi connectivity index (χ3v) is 2.45. The molecule has 0 saturated heterocycles. The Kier molecular flexibility index (Phi) is 4.28. The highest BCUT2D eigenvalue weighted by Gasteiger charge is 2.20. The van der Waals surface area contributed by atoms with Crippen LogP contribution in [0.25, 0.3) is 0 Å². The van der Waals surface area contributed by atoms with Crippen LogP contribution in [0.4, 0.5) is 11.6 Å². The van der Waals surface area contributed by atoms with Gasteiger partial charge in [0.05, 0.1) is 6.61 Å².